The number of hydrogen-bond acceptors (Lipinski definition) is 4. The summed E-state index contributed by atoms with van der Waals surface area (Å²) in [6.45, 7) is 11.4. The number of carbonyl (C=O) groups is 2. The summed E-state index contributed by atoms with van der Waals surface area (Å²) in [6, 6.07) is 9.83. The molecule has 7 heteroatoms. The molecule has 1 aliphatic rings. The molecule has 2 aromatic rings. The molecule has 1 aromatic carbocycles. The van der Waals surface area contributed by atoms with Gasteiger partial charge in [-0.2, -0.15) is 5.10 Å². The topological polar surface area (TPSA) is 70.5 Å². The second kappa shape index (κ2) is 9.69. The van der Waals surface area contributed by atoms with Gasteiger partial charge >= 0.3 is 0 Å². The SMILES string of the molecule is CCN(CC)CCNC(=O)c1cc2n(n1)CCCN(Cc1cccc(C)c1)C2=O. The van der Waals surface area contributed by atoms with Crippen LogP contribution in [0.15, 0.2) is 30.3 Å². The molecule has 0 radical (unpaired) electrons. The molecule has 0 saturated carbocycles. The van der Waals surface area contributed by atoms with Crippen molar-refractivity contribution in [2.75, 3.05) is 32.7 Å². The zero-order valence-electron chi connectivity index (χ0n) is 17.6. The van der Waals surface area contributed by atoms with E-state index >= 15 is 0 Å². The van der Waals surface area contributed by atoms with Crippen LogP contribution in [0.5, 0.6) is 0 Å². The predicted octanol–water partition coefficient (Wildman–Crippen LogP) is 2.31. The van der Waals surface area contributed by atoms with Gasteiger partial charge < -0.3 is 15.1 Å². The van der Waals surface area contributed by atoms with Gasteiger partial charge in [0.05, 0.1) is 0 Å². The first-order valence-electron chi connectivity index (χ1n) is 10.4. The van der Waals surface area contributed by atoms with Gasteiger partial charge in [0.1, 0.15) is 5.69 Å². The van der Waals surface area contributed by atoms with Crippen molar-refractivity contribution in [2.24, 2.45) is 0 Å². The summed E-state index contributed by atoms with van der Waals surface area (Å²) in [4.78, 5) is 29.7. The molecule has 1 aliphatic heterocycles. The van der Waals surface area contributed by atoms with E-state index in [1.807, 2.05) is 30.0 Å². The van der Waals surface area contributed by atoms with Crippen molar-refractivity contribution in [3.05, 3.63) is 52.8 Å². The van der Waals surface area contributed by atoms with Crippen molar-refractivity contribution in [1.29, 1.82) is 0 Å². The van der Waals surface area contributed by atoms with Crippen LogP contribution in [0.3, 0.4) is 0 Å². The third-order valence-corrected chi connectivity index (χ3v) is 5.38. The highest BCUT2D eigenvalue weighted by Crippen LogP contribution is 2.17. The number of nitrogens with zero attached hydrogens (tertiary/aromatic N) is 4. The lowest BCUT2D eigenvalue weighted by Gasteiger charge is -2.20. The molecular weight excluding hydrogens is 366 g/mol. The van der Waals surface area contributed by atoms with Crippen molar-refractivity contribution in [3.63, 3.8) is 0 Å². The van der Waals surface area contributed by atoms with Gasteiger partial charge in [0, 0.05) is 38.8 Å². The average Bonchev–Trinajstić information content (AvgIpc) is 3.08. The van der Waals surface area contributed by atoms with Gasteiger partial charge in [0.2, 0.25) is 0 Å². The summed E-state index contributed by atoms with van der Waals surface area (Å²) in [7, 11) is 0. The Hall–Kier alpha value is -2.67. The maximum absolute atomic E-state index is 13.1. The van der Waals surface area contributed by atoms with E-state index in [1.54, 1.807) is 10.7 Å². The number of hydrogen-bond donors (Lipinski definition) is 1. The standard InChI is InChI=1S/C22H31N5O2/c1-4-25(5-2)13-10-23-21(28)19-15-20-22(29)26(11-7-12-27(20)24-19)16-18-9-6-8-17(3)14-18/h6,8-9,14-15H,4-5,7,10-13,16H2,1-3H3,(H,23,28). The Labute approximate surface area is 172 Å². The lowest BCUT2D eigenvalue weighted by atomic mass is 10.1. The molecule has 7 nitrogen and oxygen atoms in total. The van der Waals surface area contributed by atoms with Gasteiger partial charge in [0.25, 0.3) is 11.8 Å². The molecule has 1 aromatic heterocycles. The number of amides is 2. The maximum Gasteiger partial charge on any atom is 0.272 e. The molecule has 3 rings (SSSR count). The Kier molecular flexibility index (Phi) is 7.04. The minimum Gasteiger partial charge on any atom is -0.349 e. The Morgan fingerprint density at radius 3 is 2.72 bits per heavy atom. The average molecular weight is 398 g/mol. The van der Waals surface area contributed by atoms with E-state index in [2.05, 4.69) is 35.2 Å². The van der Waals surface area contributed by atoms with E-state index in [-0.39, 0.29) is 11.8 Å². The van der Waals surface area contributed by atoms with Crippen molar-refractivity contribution >= 4 is 11.8 Å². The minimum absolute atomic E-state index is 0.0707. The van der Waals surface area contributed by atoms with Crippen LogP contribution in [0, 0.1) is 6.92 Å². The highest BCUT2D eigenvalue weighted by atomic mass is 16.2. The van der Waals surface area contributed by atoms with Crippen LogP contribution in [0.4, 0.5) is 0 Å². The fourth-order valence-electron chi connectivity index (χ4n) is 3.68. The number of carbonyl (C=O) groups excluding carboxylic acids is 2. The number of aryl methyl sites for hydroxylation is 2. The molecule has 29 heavy (non-hydrogen) atoms. The third-order valence-electron chi connectivity index (χ3n) is 5.38. The van der Waals surface area contributed by atoms with Crippen molar-refractivity contribution in [1.82, 2.24) is 24.9 Å². The zero-order chi connectivity index (χ0) is 20.8. The molecule has 0 bridgehead atoms. The predicted molar refractivity (Wildman–Crippen MR) is 113 cm³/mol. The van der Waals surface area contributed by atoms with Gasteiger partial charge in [-0.25, -0.2) is 0 Å². The largest absolute Gasteiger partial charge is 0.349 e. The summed E-state index contributed by atoms with van der Waals surface area (Å²) in [5.41, 5.74) is 3.09. The highest BCUT2D eigenvalue weighted by Gasteiger charge is 2.26. The van der Waals surface area contributed by atoms with Crippen LogP contribution in [-0.2, 0) is 13.1 Å². The second-order valence-electron chi connectivity index (χ2n) is 7.49. The molecule has 0 fully saturated rings. The molecule has 0 atom stereocenters. The van der Waals surface area contributed by atoms with Gasteiger partial charge in [-0.3, -0.25) is 14.3 Å². The smallest absolute Gasteiger partial charge is 0.272 e. The number of fused-ring (bicyclic) bond motifs is 1. The Morgan fingerprint density at radius 2 is 2.00 bits per heavy atom. The summed E-state index contributed by atoms with van der Waals surface area (Å²) in [6.07, 6.45) is 0.815. The van der Waals surface area contributed by atoms with Crippen molar-refractivity contribution < 1.29 is 9.59 Å². The van der Waals surface area contributed by atoms with Crippen LogP contribution in [0.25, 0.3) is 0 Å². The first-order chi connectivity index (χ1) is 14.0. The Morgan fingerprint density at radius 1 is 1.21 bits per heavy atom. The number of benzene rings is 1. The molecular formula is C22H31N5O2. The van der Waals surface area contributed by atoms with Gasteiger partial charge in [-0.05, 0) is 32.0 Å². The first kappa shape index (κ1) is 21.0. The normalized spacial score (nSPS) is 14.1. The van der Waals surface area contributed by atoms with E-state index in [4.69, 9.17) is 0 Å². The van der Waals surface area contributed by atoms with Crippen LogP contribution >= 0.6 is 0 Å². The molecule has 2 heterocycles. The van der Waals surface area contributed by atoms with Gasteiger partial charge in [-0.1, -0.05) is 43.7 Å². The summed E-state index contributed by atoms with van der Waals surface area (Å²) in [5, 5.41) is 7.31. The third kappa shape index (κ3) is 5.23. The van der Waals surface area contributed by atoms with E-state index in [9.17, 15) is 9.59 Å². The molecule has 0 aliphatic carbocycles. The minimum atomic E-state index is -0.226. The fraction of sp³-hybridized carbons (Fsp3) is 0.500. The van der Waals surface area contributed by atoms with Crippen molar-refractivity contribution in [3.8, 4) is 0 Å². The number of nitrogens with one attached hydrogen (secondary N) is 1. The van der Waals surface area contributed by atoms with Gasteiger partial charge in [-0.15, -0.1) is 0 Å². The second-order valence-corrected chi connectivity index (χ2v) is 7.49. The van der Waals surface area contributed by atoms with Gasteiger partial charge in [0.15, 0.2) is 5.69 Å². The lowest BCUT2D eigenvalue weighted by molar-refractivity contribution is 0.0745. The molecule has 1 N–H and O–H groups in total. The van der Waals surface area contributed by atoms with Crippen molar-refractivity contribution in [2.45, 2.75) is 40.3 Å². The van der Waals surface area contributed by atoms with E-state index in [0.29, 0.717) is 37.6 Å². The maximum atomic E-state index is 13.1. The van der Waals surface area contributed by atoms with E-state index in [0.717, 1.165) is 31.6 Å². The molecule has 0 spiro atoms. The number of likely N-dealkylation sites (N-methyl/N-ethyl adjacent to an activating group) is 1. The molecule has 156 valence electrons. The van der Waals surface area contributed by atoms with Crippen LogP contribution in [0.2, 0.25) is 0 Å². The number of rotatable bonds is 8. The molecule has 0 saturated heterocycles. The fourth-order valence-corrected chi connectivity index (χ4v) is 3.68. The summed E-state index contributed by atoms with van der Waals surface area (Å²) in [5.74, 6) is -0.297. The first-order valence-corrected chi connectivity index (χ1v) is 10.4. The highest BCUT2D eigenvalue weighted by molar-refractivity contribution is 5.98. The summed E-state index contributed by atoms with van der Waals surface area (Å²) < 4.78 is 1.68. The van der Waals surface area contributed by atoms with Crippen LogP contribution in [0.1, 0.15) is 52.4 Å². The van der Waals surface area contributed by atoms with E-state index in [1.165, 1.54) is 5.56 Å². The Bertz CT molecular complexity index is 857. The van der Waals surface area contributed by atoms with Crippen LogP contribution < -0.4 is 5.32 Å². The quantitative estimate of drug-likeness (QED) is 0.742. The molecule has 0 unspecified atom stereocenters. The Balaban J connectivity index is 1.67. The zero-order valence-corrected chi connectivity index (χ0v) is 17.6. The lowest BCUT2D eigenvalue weighted by Crippen LogP contribution is -2.35. The monoisotopic (exact) mass is 397 g/mol. The molecule has 2 amide bonds. The number of aromatic nitrogens is 2. The van der Waals surface area contributed by atoms with E-state index < -0.39 is 0 Å². The van der Waals surface area contributed by atoms with Crippen LogP contribution in [-0.4, -0.2) is 64.1 Å². The summed E-state index contributed by atoms with van der Waals surface area (Å²) >= 11 is 0.